The third-order valence-corrected chi connectivity index (χ3v) is 8.50. The largest absolute Gasteiger partial charge is 0.387 e. The summed E-state index contributed by atoms with van der Waals surface area (Å²) in [4.78, 5) is 27.6. The quantitative estimate of drug-likeness (QED) is 0.483. The molecule has 9 heteroatoms. The Balaban J connectivity index is 1.27. The summed E-state index contributed by atoms with van der Waals surface area (Å²) in [6.45, 7) is 3.00. The summed E-state index contributed by atoms with van der Waals surface area (Å²) in [7, 11) is 0. The summed E-state index contributed by atoms with van der Waals surface area (Å²) in [5.41, 5.74) is 3.87. The Kier molecular flexibility index (Phi) is 4.74. The maximum atomic E-state index is 12.2. The summed E-state index contributed by atoms with van der Waals surface area (Å²) < 4.78 is 0. The van der Waals surface area contributed by atoms with Crippen LogP contribution < -0.4 is 5.32 Å². The van der Waals surface area contributed by atoms with Crippen LogP contribution in [0, 0.1) is 11.8 Å². The predicted octanol–water partition coefficient (Wildman–Crippen LogP) is 2.70. The minimum atomic E-state index is -0.928. The van der Waals surface area contributed by atoms with Gasteiger partial charge >= 0.3 is 0 Å². The molecule has 3 aromatic rings. The molecule has 32 heavy (non-hydrogen) atoms. The van der Waals surface area contributed by atoms with Crippen LogP contribution in [0.3, 0.4) is 0 Å². The van der Waals surface area contributed by atoms with Gasteiger partial charge < -0.3 is 25.4 Å². The fourth-order valence-corrected chi connectivity index (χ4v) is 6.86. The van der Waals surface area contributed by atoms with Crippen LogP contribution in [-0.4, -0.2) is 61.2 Å². The highest BCUT2D eigenvalue weighted by atomic mass is 32.1. The highest BCUT2D eigenvalue weighted by molar-refractivity contribution is 7.15. The number of rotatable bonds is 4. The summed E-state index contributed by atoms with van der Waals surface area (Å²) >= 11 is 1.57. The molecule has 2 unspecified atom stereocenters. The third-order valence-electron chi connectivity index (χ3n) is 7.27. The van der Waals surface area contributed by atoms with E-state index in [0.717, 1.165) is 76.6 Å². The molecule has 0 radical (unpaired) electrons. The Labute approximate surface area is 189 Å². The van der Waals surface area contributed by atoms with Crippen LogP contribution in [0.25, 0.3) is 21.6 Å². The fourth-order valence-electron chi connectivity index (χ4n) is 5.71. The fraction of sp³-hybridized carbons (Fsp3) is 0.522. The second-order valence-electron chi connectivity index (χ2n) is 9.42. The van der Waals surface area contributed by atoms with Crippen molar-refractivity contribution in [3.8, 4) is 10.6 Å². The molecule has 5 atom stereocenters. The molecule has 3 aromatic heterocycles. The van der Waals surface area contributed by atoms with Crippen molar-refractivity contribution in [3.05, 3.63) is 29.0 Å². The first-order valence-electron chi connectivity index (χ1n) is 11.4. The number of nitrogens with zero attached hydrogens (tertiary/aromatic N) is 3. The molecule has 3 aliphatic rings. The van der Waals surface area contributed by atoms with Gasteiger partial charge in [0.1, 0.15) is 16.8 Å². The number of carbonyl (C=O) groups is 1. The van der Waals surface area contributed by atoms with Crippen LogP contribution in [-0.2, 0) is 11.2 Å². The molecular weight excluding hydrogens is 426 g/mol. The number of aliphatic hydroxyl groups is 2. The molecular formula is C23H27N5O3S. The van der Waals surface area contributed by atoms with Gasteiger partial charge in [0, 0.05) is 36.9 Å². The summed E-state index contributed by atoms with van der Waals surface area (Å²) in [6.07, 6.45) is 6.02. The van der Waals surface area contributed by atoms with Gasteiger partial charge in [0.15, 0.2) is 0 Å². The van der Waals surface area contributed by atoms with Crippen molar-refractivity contribution in [2.75, 3.05) is 18.4 Å². The zero-order valence-electron chi connectivity index (χ0n) is 17.9. The van der Waals surface area contributed by atoms with E-state index in [4.69, 9.17) is 4.98 Å². The molecule has 1 amide bonds. The van der Waals surface area contributed by atoms with Crippen molar-refractivity contribution in [3.63, 3.8) is 0 Å². The van der Waals surface area contributed by atoms with Crippen molar-refractivity contribution >= 4 is 34.0 Å². The van der Waals surface area contributed by atoms with Crippen LogP contribution in [0.4, 0.5) is 5.69 Å². The molecule has 1 saturated heterocycles. The van der Waals surface area contributed by atoms with Crippen LogP contribution in [0.15, 0.2) is 18.5 Å². The van der Waals surface area contributed by atoms with Crippen LogP contribution in [0.2, 0.25) is 0 Å². The maximum absolute atomic E-state index is 12.2. The number of hydrogen-bond acceptors (Lipinski definition) is 7. The molecule has 1 aliphatic heterocycles. The van der Waals surface area contributed by atoms with Crippen molar-refractivity contribution in [1.29, 1.82) is 0 Å². The molecule has 8 nitrogen and oxygen atoms in total. The van der Waals surface area contributed by atoms with Crippen LogP contribution >= 0.6 is 11.3 Å². The topological polar surface area (TPSA) is 114 Å². The lowest BCUT2D eigenvalue weighted by molar-refractivity contribution is -0.138. The van der Waals surface area contributed by atoms with Gasteiger partial charge in [-0.2, -0.15) is 0 Å². The molecule has 2 fully saturated rings. The predicted molar refractivity (Wildman–Crippen MR) is 122 cm³/mol. The van der Waals surface area contributed by atoms with Crippen LogP contribution in [0.5, 0.6) is 0 Å². The normalized spacial score (nSPS) is 27.7. The van der Waals surface area contributed by atoms with E-state index in [1.54, 1.807) is 18.3 Å². The molecule has 0 aromatic carbocycles. The number of aliphatic hydroxyl groups excluding tert-OH is 2. The SMILES string of the molecule is C[C@H](O)C(=O)N1C[C@H]2CC(Nc3c(-c4nc5c(s4)C(O)CC5)cnc4[nH]ccc34)C[C@H]2C1. The molecule has 4 heterocycles. The highest BCUT2D eigenvalue weighted by Gasteiger charge is 2.43. The first kappa shape index (κ1) is 20.1. The van der Waals surface area contributed by atoms with Gasteiger partial charge in [-0.1, -0.05) is 0 Å². The number of carbonyl (C=O) groups excluding carboxylic acids is 1. The van der Waals surface area contributed by atoms with Crippen molar-refractivity contribution in [2.24, 2.45) is 11.8 Å². The zero-order valence-corrected chi connectivity index (χ0v) is 18.7. The van der Waals surface area contributed by atoms with Crippen LogP contribution in [0.1, 0.15) is 42.9 Å². The van der Waals surface area contributed by atoms with E-state index < -0.39 is 12.2 Å². The first-order valence-corrected chi connectivity index (χ1v) is 12.2. The molecule has 0 spiro atoms. The number of amides is 1. The summed E-state index contributed by atoms with van der Waals surface area (Å²) in [5, 5.41) is 25.6. The third kappa shape index (κ3) is 3.22. The number of pyridine rings is 1. The number of thiazole rings is 1. The number of H-pyrrole nitrogens is 1. The van der Waals surface area contributed by atoms with Gasteiger partial charge in [0.2, 0.25) is 0 Å². The van der Waals surface area contributed by atoms with E-state index in [1.807, 2.05) is 23.4 Å². The van der Waals surface area contributed by atoms with E-state index in [1.165, 1.54) is 0 Å². The molecule has 6 rings (SSSR count). The van der Waals surface area contributed by atoms with Crippen molar-refractivity contribution < 1.29 is 15.0 Å². The molecule has 0 bridgehead atoms. The smallest absolute Gasteiger partial charge is 0.251 e. The Morgan fingerprint density at radius 3 is 2.84 bits per heavy atom. The number of aryl methyl sites for hydroxylation is 1. The molecule has 168 valence electrons. The van der Waals surface area contributed by atoms with E-state index in [2.05, 4.69) is 15.3 Å². The number of hydrogen-bond donors (Lipinski definition) is 4. The first-order chi connectivity index (χ1) is 15.5. The Hall–Kier alpha value is -2.49. The summed E-state index contributed by atoms with van der Waals surface area (Å²) in [6, 6.07) is 2.36. The lowest BCUT2D eigenvalue weighted by atomic mass is 10.0. The van der Waals surface area contributed by atoms with Gasteiger partial charge in [-0.05, 0) is 50.5 Å². The molecule has 1 saturated carbocycles. The number of nitrogens with one attached hydrogen (secondary N) is 2. The van der Waals surface area contributed by atoms with E-state index in [9.17, 15) is 15.0 Å². The van der Waals surface area contributed by atoms with Gasteiger partial charge in [-0.15, -0.1) is 11.3 Å². The molecule has 2 aliphatic carbocycles. The van der Waals surface area contributed by atoms with Gasteiger partial charge in [0.25, 0.3) is 5.91 Å². The second-order valence-corrected chi connectivity index (χ2v) is 10.5. The average Bonchev–Trinajstić information content (AvgIpc) is 3.55. The van der Waals surface area contributed by atoms with E-state index in [-0.39, 0.29) is 5.91 Å². The van der Waals surface area contributed by atoms with Gasteiger partial charge in [-0.25, -0.2) is 9.97 Å². The minimum Gasteiger partial charge on any atom is -0.387 e. The van der Waals surface area contributed by atoms with E-state index >= 15 is 0 Å². The number of aromatic amines is 1. The minimum absolute atomic E-state index is 0.159. The van der Waals surface area contributed by atoms with Gasteiger partial charge in [-0.3, -0.25) is 4.79 Å². The average molecular weight is 454 g/mol. The van der Waals surface area contributed by atoms with Crippen molar-refractivity contribution in [1.82, 2.24) is 19.9 Å². The monoisotopic (exact) mass is 453 g/mol. The lowest BCUT2D eigenvalue weighted by Gasteiger charge is -2.22. The maximum Gasteiger partial charge on any atom is 0.251 e. The lowest BCUT2D eigenvalue weighted by Crippen LogP contribution is -2.37. The standard InChI is InChI=1S/C23H27N5O3S/c1-11(29)23(31)28-9-12-6-14(7-13(12)10-28)26-19-15-4-5-24-21(15)25-8-16(19)22-27-17-2-3-18(30)20(17)32-22/h4-5,8,11-14,18,29-30H,2-3,6-7,9-10H2,1H3,(H2,24,25,26)/t11-,12-,13+,14?,18?/m0/s1. The van der Waals surface area contributed by atoms with Gasteiger partial charge in [0.05, 0.1) is 27.9 Å². The number of anilines is 1. The molecule has 4 N–H and O–H groups in total. The Morgan fingerprint density at radius 1 is 1.34 bits per heavy atom. The summed E-state index contributed by atoms with van der Waals surface area (Å²) in [5.74, 6) is 0.760. The number of fused-ring (bicyclic) bond motifs is 3. The number of likely N-dealkylation sites (tertiary alicyclic amines) is 1. The highest BCUT2D eigenvalue weighted by Crippen LogP contribution is 2.44. The zero-order chi connectivity index (χ0) is 22.0. The number of aromatic nitrogens is 3. The Bertz CT molecular complexity index is 1170. The second kappa shape index (κ2) is 7.54. The van der Waals surface area contributed by atoms with E-state index in [0.29, 0.717) is 17.9 Å². The van der Waals surface area contributed by atoms with Crippen molar-refractivity contribution in [2.45, 2.75) is 50.9 Å². The Morgan fingerprint density at radius 2 is 2.12 bits per heavy atom.